The van der Waals surface area contributed by atoms with E-state index in [0.29, 0.717) is 23.4 Å². The van der Waals surface area contributed by atoms with Crippen LogP contribution in [0.4, 0.5) is 8.78 Å². The molecule has 2 atom stereocenters. The number of hydrogen-bond acceptors (Lipinski definition) is 5. The Morgan fingerprint density at radius 3 is 2.34 bits per heavy atom. The van der Waals surface area contributed by atoms with Crippen molar-refractivity contribution in [3.05, 3.63) is 82.7 Å². The highest BCUT2D eigenvalue weighted by Gasteiger charge is 2.26. The van der Waals surface area contributed by atoms with Gasteiger partial charge in [-0.1, -0.05) is 26.0 Å². The molecule has 38 heavy (non-hydrogen) atoms. The number of carbonyl (C=O) groups excluding carboxylic acids is 1. The molecule has 0 aliphatic carbocycles. The predicted octanol–water partition coefficient (Wildman–Crippen LogP) is 3.77. The Kier molecular flexibility index (Phi) is 10.1. The largest absolute Gasteiger partial charge is 0.481 e. The van der Waals surface area contributed by atoms with E-state index in [0.717, 1.165) is 5.56 Å². The van der Waals surface area contributed by atoms with Crippen molar-refractivity contribution in [2.24, 2.45) is 0 Å². The molecule has 0 fully saturated rings. The number of rotatable bonds is 13. The Balaban J connectivity index is 1.85. The van der Waals surface area contributed by atoms with E-state index < -0.39 is 36.3 Å². The lowest BCUT2D eigenvalue weighted by atomic mass is 9.95. The van der Waals surface area contributed by atoms with E-state index in [-0.39, 0.29) is 43.2 Å². The van der Waals surface area contributed by atoms with Crippen molar-refractivity contribution in [1.29, 1.82) is 0 Å². The Bertz CT molecular complexity index is 1240. The molecule has 3 aromatic rings. The number of hydrogen-bond donors (Lipinski definition) is 4. The Morgan fingerprint density at radius 1 is 1.00 bits per heavy atom. The van der Waals surface area contributed by atoms with Gasteiger partial charge in [-0.25, -0.2) is 13.5 Å². The summed E-state index contributed by atoms with van der Waals surface area (Å²) in [4.78, 5) is 24.0. The van der Waals surface area contributed by atoms with Crippen LogP contribution < -0.4 is 5.32 Å². The zero-order chi connectivity index (χ0) is 27.8. The quantitative estimate of drug-likeness (QED) is 0.267. The van der Waals surface area contributed by atoms with Gasteiger partial charge < -0.3 is 20.6 Å². The normalized spacial score (nSPS) is 12.9. The summed E-state index contributed by atoms with van der Waals surface area (Å²) in [6, 6.07) is 11.8. The molecule has 0 saturated heterocycles. The number of aromatic nitrogens is 2. The number of carbonyl (C=O) groups is 2. The minimum atomic E-state index is -1.19. The van der Waals surface area contributed by atoms with Gasteiger partial charge in [0.25, 0.3) is 5.91 Å². The Morgan fingerprint density at radius 2 is 1.71 bits per heavy atom. The summed E-state index contributed by atoms with van der Waals surface area (Å²) in [5.41, 5.74) is 2.77. The maximum absolute atomic E-state index is 13.6. The molecule has 204 valence electrons. The summed E-state index contributed by atoms with van der Waals surface area (Å²) in [7, 11) is 0. The number of aliphatic hydroxyl groups excluding tert-OH is 2. The van der Waals surface area contributed by atoms with Crippen molar-refractivity contribution in [3.8, 4) is 5.69 Å². The summed E-state index contributed by atoms with van der Waals surface area (Å²) in [5.74, 6) is -2.47. The minimum absolute atomic E-state index is 0.110. The van der Waals surface area contributed by atoms with Crippen LogP contribution in [0, 0.1) is 11.6 Å². The van der Waals surface area contributed by atoms with Crippen LogP contribution in [0.5, 0.6) is 0 Å². The number of amides is 1. The van der Waals surface area contributed by atoms with Crippen LogP contribution in [-0.4, -0.2) is 55.7 Å². The fraction of sp³-hybridized carbons (Fsp3) is 0.393. The number of benzene rings is 2. The van der Waals surface area contributed by atoms with Gasteiger partial charge in [-0.05, 0) is 73.6 Å². The lowest BCUT2D eigenvalue weighted by molar-refractivity contribution is -0.139. The molecular weight excluding hydrogens is 496 g/mol. The number of aliphatic hydroxyl groups is 2. The summed E-state index contributed by atoms with van der Waals surface area (Å²) in [6.45, 7) is 4.08. The van der Waals surface area contributed by atoms with E-state index >= 15 is 0 Å². The molecule has 0 radical (unpaired) electrons. The van der Waals surface area contributed by atoms with Crippen LogP contribution >= 0.6 is 0 Å². The average molecular weight is 530 g/mol. The number of carboxylic acids is 1. The van der Waals surface area contributed by atoms with Crippen LogP contribution in [-0.2, 0) is 17.6 Å². The molecule has 1 amide bonds. The first-order chi connectivity index (χ1) is 18.0. The molecule has 2 aromatic carbocycles. The van der Waals surface area contributed by atoms with Gasteiger partial charge in [-0.2, -0.15) is 5.10 Å². The minimum Gasteiger partial charge on any atom is -0.481 e. The van der Waals surface area contributed by atoms with Crippen LogP contribution in [0.1, 0.15) is 66.3 Å². The molecule has 0 aliphatic heterocycles. The van der Waals surface area contributed by atoms with Crippen LogP contribution in [0.3, 0.4) is 0 Å². The van der Waals surface area contributed by atoms with Crippen molar-refractivity contribution in [1.82, 2.24) is 15.1 Å². The van der Waals surface area contributed by atoms with Gasteiger partial charge >= 0.3 is 5.97 Å². The van der Waals surface area contributed by atoms with Gasteiger partial charge in [0.15, 0.2) is 5.69 Å². The zero-order valence-electron chi connectivity index (χ0n) is 21.4. The molecule has 0 spiro atoms. The molecule has 1 heterocycles. The SMILES string of the molecule is CC(C)c1c(C(=O)NCCc2cccc(F)c2)nn(-c2ccc(F)cc2)c1CCC(O)CC(O)CC(=O)O. The maximum Gasteiger partial charge on any atom is 0.305 e. The van der Waals surface area contributed by atoms with E-state index in [4.69, 9.17) is 5.11 Å². The number of aliphatic carboxylic acids is 1. The molecular formula is C28H33F2N3O5. The third kappa shape index (κ3) is 7.93. The van der Waals surface area contributed by atoms with E-state index in [9.17, 15) is 28.6 Å². The molecule has 2 unspecified atom stereocenters. The first kappa shape index (κ1) is 28.9. The Labute approximate surface area is 219 Å². The monoisotopic (exact) mass is 529 g/mol. The predicted molar refractivity (Wildman–Crippen MR) is 137 cm³/mol. The van der Waals surface area contributed by atoms with Crippen molar-refractivity contribution in [2.75, 3.05) is 6.54 Å². The highest BCUT2D eigenvalue weighted by Crippen LogP contribution is 2.28. The highest BCUT2D eigenvalue weighted by atomic mass is 19.1. The smallest absolute Gasteiger partial charge is 0.305 e. The first-order valence-corrected chi connectivity index (χ1v) is 12.5. The summed E-state index contributed by atoms with van der Waals surface area (Å²) in [5, 5.41) is 36.6. The van der Waals surface area contributed by atoms with Gasteiger partial charge in [0.1, 0.15) is 11.6 Å². The van der Waals surface area contributed by atoms with Gasteiger partial charge in [-0.15, -0.1) is 0 Å². The number of halogens is 2. The van der Waals surface area contributed by atoms with Crippen LogP contribution in [0.2, 0.25) is 0 Å². The molecule has 3 rings (SSSR count). The second-order valence-corrected chi connectivity index (χ2v) is 9.57. The third-order valence-corrected chi connectivity index (χ3v) is 6.14. The Hall–Kier alpha value is -3.63. The van der Waals surface area contributed by atoms with Gasteiger partial charge in [0.05, 0.1) is 24.3 Å². The third-order valence-electron chi connectivity index (χ3n) is 6.14. The molecule has 1 aromatic heterocycles. The summed E-state index contributed by atoms with van der Waals surface area (Å²) in [6.07, 6.45) is -1.86. The van der Waals surface area contributed by atoms with Gasteiger partial charge in [0.2, 0.25) is 0 Å². The van der Waals surface area contributed by atoms with Crippen molar-refractivity contribution < 1.29 is 33.7 Å². The van der Waals surface area contributed by atoms with E-state index in [1.54, 1.807) is 16.8 Å². The van der Waals surface area contributed by atoms with E-state index in [2.05, 4.69) is 10.4 Å². The number of nitrogens with zero attached hydrogens (tertiary/aromatic N) is 2. The first-order valence-electron chi connectivity index (χ1n) is 12.5. The lowest BCUT2D eigenvalue weighted by Gasteiger charge is -2.16. The molecule has 0 aliphatic rings. The fourth-order valence-corrected chi connectivity index (χ4v) is 4.39. The topological polar surface area (TPSA) is 125 Å². The summed E-state index contributed by atoms with van der Waals surface area (Å²) >= 11 is 0. The van der Waals surface area contributed by atoms with Gasteiger partial charge in [0, 0.05) is 17.8 Å². The fourth-order valence-electron chi connectivity index (χ4n) is 4.39. The maximum atomic E-state index is 13.6. The standard InChI is InChI=1S/C28H33F2N3O5/c1-17(2)26-24(11-10-22(34)15-23(35)16-25(36)37)33(21-8-6-19(29)7-9-21)32-27(26)28(38)31-13-12-18-4-3-5-20(30)14-18/h3-9,14,17,22-23,34-35H,10-13,15-16H2,1-2H3,(H,31,38)(H,36,37). The van der Waals surface area contributed by atoms with Crippen molar-refractivity contribution in [2.45, 2.75) is 64.1 Å². The molecule has 0 bridgehead atoms. The zero-order valence-corrected chi connectivity index (χ0v) is 21.4. The molecule has 10 heteroatoms. The second kappa shape index (κ2) is 13.3. The van der Waals surface area contributed by atoms with Crippen LogP contribution in [0.15, 0.2) is 48.5 Å². The van der Waals surface area contributed by atoms with Gasteiger partial charge in [-0.3, -0.25) is 9.59 Å². The lowest BCUT2D eigenvalue weighted by Crippen LogP contribution is -2.27. The molecule has 4 N–H and O–H groups in total. The molecule has 8 nitrogen and oxygen atoms in total. The van der Waals surface area contributed by atoms with Crippen molar-refractivity contribution >= 4 is 11.9 Å². The second-order valence-electron chi connectivity index (χ2n) is 9.57. The highest BCUT2D eigenvalue weighted by molar-refractivity contribution is 5.94. The average Bonchev–Trinajstić information content (AvgIpc) is 3.22. The van der Waals surface area contributed by atoms with E-state index in [1.807, 2.05) is 13.8 Å². The number of carboxylic acid groups (broad SMARTS) is 1. The summed E-state index contributed by atoms with van der Waals surface area (Å²) < 4.78 is 28.6. The van der Waals surface area contributed by atoms with E-state index in [1.165, 1.54) is 36.4 Å². The van der Waals surface area contributed by atoms with Crippen molar-refractivity contribution in [3.63, 3.8) is 0 Å². The molecule has 0 saturated carbocycles. The number of nitrogens with one attached hydrogen (secondary N) is 1. The van der Waals surface area contributed by atoms with Crippen LogP contribution in [0.25, 0.3) is 5.69 Å².